The fourth-order valence-corrected chi connectivity index (χ4v) is 2.78. The van der Waals surface area contributed by atoms with Crippen LogP contribution >= 0.6 is 27.5 Å². The third-order valence-corrected chi connectivity index (χ3v) is 3.80. The van der Waals surface area contributed by atoms with Gasteiger partial charge < -0.3 is 0 Å². The Hall–Kier alpha value is -1.000. The van der Waals surface area contributed by atoms with E-state index in [4.69, 9.17) is 11.6 Å². The molecule has 0 aliphatic carbocycles. The third-order valence-electron chi connectivity index (χ3n) is 2.75. The lowest BCUT2D eigenvalue weighted by Gasteiger charge is -2.15. The second-order valence-corrected chi connectivity index (χ2v) is 4.89. The first-order valence-corrected chi connectivity index (χ1v) is 6.95. The van der Waals surface area contributed by atoms with E-state index in [0.29, 0.717) is 15.9 Å². The molecule has 0 amide bonds. The quantitative estimate of drug-likeness (QED) is 0.590. The SMILES string of the molecule is FC(F)(F)c1ccccc1-c1cccc(CBr)c1Cl. The molecule has 0 aromatic heterocycles. The smallest absolute Gasteiger partial charge is 0.166 e. The van der Waals surface area contributed by atoms with Crippen LogP contribution in [0.4, 0.5) is 13.2 Å². The highest BCUT2D eigenvalue weighted by molar-refractivity contribution is 9.08. The summed E-state index contributed by atoms with van der Waals surface area (Å²) in [6.07, 6.45) is -4.40. The van der Waals surface area contributed by atoms with Crippen LogP contribution in [0.5, 0.6) is 0 Å². The number of hydrogen-bond donors (Lipinski definition) is 0. The summed E-state index contributed by atoms with van der Waals surface area (Å²) in [5.74, 6) is 0. The van der Waals surface area contributed by atoms with Crippen molar-refractivity contribution in [3.63, 3.8) is 0 Å². The Morgan fingerprint density at radius 2 is 1.58 bits per heavy atom. The molecule has 0 aliphatic heterocycles. The van der Waals surface area contributed by atoms with Crippen molar-refractivity contribution in [3.05, 3.63) is 58.6 Å². The molecule has 0 radical (unpaired) electrons. The number of benzene rings is 2. The van der Waals surface area contributed by atoms with E-state index in [9.17, 15) is 13.2 Å². The van der Waals surface area contributed by atoms with Crippen LogP contribution in [0.2, 0.25) is 5.02 Å². The Morgan fingerprint density at radius 1 is 0.947 bits per heavy atom. The van der Waals surface area contributed by atoms with Crippen LogP contribution in [-0.4, -0.2) is 0 Å². The van der Waals surface area contributed by atoms with Crippen molar-refractivity contribution < 1.29 is 13.2 Å². The predicted octanol–water partition coefficient (Wildman–Crippen LogP) is 5.92. The highest BCUT2D eigenvalue weighted by atomic mass is 79.9. The van der Waals surface area contributed by atoms with Gasteiger partial charge in [-0.25, -0.2) is 0 Å². The van der Waals surface area contributed by atoms with Crippen LogP contribution in [0.3, 0.4) is 0 Å². The van der Waals surface area contributed by atoms with Gasteiger partial charge in [0.2, 0.25) is 0 Å². The van der Waals surface area contributed by atoms with Gasteiger partial charge in [0.15, 0.2) is 0 Å². The van der Waals surface area contributed by atoms with Crippen LogP contribution < -0.4 is 0 Å². The molecule has 2 aromatic carbocycles. The largest absolute Gasteiger partial charge is 0.417 e. The summed E-state index contributed by atoms with van der Waals surface area (Å²) in [5.41, 5.74) is 0.578. The van der Waals surface area contributed by atoms with Crippen LogP contribution in [0.15, 0.2) is 42.5 Å². The predicted molar refractivity (Wildman–Crippen MR) is 74.5 cm³/mol. The average molecular weight is 350 g/mol. The van der Waals surface area contributed by atoms with Crippen LogP contribution in [0.1, 0.15) is 11.1 Å². The lowest BCUT2D eigenvalue weighted by Crippen LogP contribution is -2.07. The van der Waals surface area contributed by atoms with E-state index < -0.39 is 11.7 Å². The van der Waals surface area contributed by atoms with Crippen LogP contribution in [0, 0.1) is 0 Å². The normalized spacial score (nSPS) is 11.6. The fraction of sp³-hybridized carbons (Fsp3) is 0.143. The summed E-state index contributed by atoms with van der Waals surface area (Å²) in [6.45, 7) is 0. The van der Waals surface area contributed by atoms with Crippen LogP contribution in [0.25, 0.3) is 11.1 Å². The minimum atomic E-state index is -4.40. The van der Waals surface area contributed by atoms with Crippen molar-refractivity contribution in [2.45, 2.75) is 11.5 Å². The van der Waals surface area contributed by atoms with Crippen LogP contribution in [-0.2, 0) is 11.5 Å². The molecule has 0 bridgehead atoms. The topological polar surface area (TPSA) is 0 Å². The standard InChI is InChI=1S/C14H9BrClF3/c15-8-9-4-3-6-11(13(9)16)10-5-1-2-7-12(10)14(17,18)19/h1-7H,8H2. The van der Waals surface area contributed by atoms with E-state index in [1.165, 1.54) is 12.1 Å². The first-order chi connectivity index (χ1) is 8.95. The van der Waals surface area contributed by atoms with Gasteiger partial charge in [0.25, 0.3) is 0 Å². The van der Waals surface area contributed by atoms with Crippen molar-refractivity contribution in [2.75, 3.05) is 0 Å². The highest BCUT2D eigenvalue weighted by Crippen LogP contribution is 2.40. The van der Waals surface area contributed by atoms with E-state index >= 15 is 0 Å². The minimum Gasteiger partial charge on any atom is -0.166 e. The number of hydrogen-bond acceptors (Lipinski definition) is 0. The van der Waals surface area contributed by atoms with E-state index in [2.05, 4.69) is 15.9 Å². The summed E-state index contributed by atoms with van der Waals surface area (Å²) in [6, 6.07) is 10.5. The first kappa shape index (κ1) is 14.4. The van der Waals surface area contributed by atoms with Gasteiger partial charge in [-0.2, -0.15) is 13.2 Å². The summed E-state index contributed by atoms with van der Waals surface area (Å²) in [5, 5.41) is 0.837. The van der Waals surface area contributed by atoms with Crippen molar-refractivity contribution in [3.8, 4) is 11.1 Å². The molecule has 0 N–H and O–H groups in total. The summed E-state index contributed by atoms with van der Waals surface area (Å²) in [7, 11) is 0. The maximum atomic E-state index is 13.0. The van der Waals surface area contributed by atoms with E-state index in [-0.39, 0.29) is 5.56 Å². The molecule has 19 heavy (non-hydrogen) atoms. The molecule has 0 saturated carbocycles. The average Bonchev–Trinajstić information content (AvgIpc) is 2.38. The maximum absolute atomic E-state index is 13.0. The molecular weight excluding hydrogens is 341 g/mol. The van der Waals surface area contributed by atoms with Gasteiger partial charge in [-0.1, -0.05) is 63.9 Å². The summed E-state index contributed by atoms with van der Waals surface area (Å²) >= 11 is 9.43. The number of halogens is 5. The monoisotopic (exact) mass is 348 g/mol. The molecule has 0 fully saturated rings. The lowest BCUT2D eigenvalue weighted by molar-refractivity contribution is -0.137. The molecular formula is C14H9BrClF3. The van der Waals surface area contributed by atoms with E-state index in [1.54, 1.807) is 24.3 Å². The summed E-state index contributed by atoms with van der Waals surface area (Å²) < 4.78 is 39.0. The Morgan fingerprint density at radius 3 is 2.21 bits per heavy atom. The minimum absolute atomic E-state index is 0.0998. The molecule has 0 unspecified atom stereocenters. The van der Waals surface area contributed by atoms with Crippen molar-refractivity contribution >= 4 is 27.5 Å². The maximum Gasteiger partial charge on any atom is 0.417 e. The van der Waals surface area contributed by atoms with Crippen molar-refractivity contribution in [1.29, 1.82) is 0 Å². The van der Waals surface area contributed by atoms with E-state index in [0.717, 1.165) is 11.6 Å². The zero-order chi connectivity index (χ0) is 14.0. The van der Waals surface area contributed by atoms with Gasteiger partial charge in [-0.3, -0.25) is 0 Å². The molecule has 0 nitrogen and oxygen atoms in total. The molecule has 5 heteroatoms. The first-order valence-electron chi connectivity index (χ1n) is 5.45. The zero-order valence-corrected chi connectivity index (χ0v) is 12.0. The Kier molecular flexibility index (Phi) is 4.21. The molecule has 100 valence electrons. The molecule has 0 saturated heterocycles. The third kappa shape index (κ3) is 2.95. The second kappa shape index (κ2) is 5.55. The van der Waals surface area contributed by atoms with Gasteiger partial charge >= 0.3 is 6.18 Å². The fourth-order valence-electron chi connectivity index (χ4n) is 1.86. The zero-order valence-electron chi connectivity index (χ0n) is 9.64. The number of rotatable bonds is 2. The molecule has 0 aliphatic rings. The molecule has 0 atom stereocenters. The second-order valence-electron chi connectivity index (χ2n) is 3.96. The van der Waals surface area contributed by atoms with Gasteiger partial charge in [-0.15, -0.1) is 0 Å². The summed E-state index contributed by atoms with van der Waals surface area (Å²) in [4.78, 5) is 0. The van der Waals surface area contributed by atoms with Crippen molar-refractivity contribution in [2.24, 2.45) is 0 Å². The number of alkyl halides is 4. The van der Waals surface area contributed by atoms with Gasteiger partial charge in [-0.05, 0) is 17.2 Å². The van der Waals surface area contributed by atoms with E-state index in [1.807, 2.05) is 0 Å². The Bertz CT molecular complexity index is 593. The lowest BCUT2D eigenvalue weighted by atomic mass is 9.98. The van der Waals surface area contributed by atoms with Gasteiger partial charge in [0.05, 0.1) is 10.6 Å². The van der Waals surface area contributed by atoms with Gasteiger partial charge in [0, 0.05) is 10.9 Å². The molecule has 0 heterocycles. The molecule has 2 rings (SSSR count). The Balaban J connectivity index is 2.67. The molecule has 0 spiro atoms. The van der Waals surface area contributed by atoms with Crippen molar-refractivity contribution in [1.82, 2.24) is 0 Å². The Labute approximate surface area is 122 Å². The van der Waals surface area contributed by atoms with Gasteiger partial charge in [0.1, 0.15) is 0 Å². The molecule has 2 aromatic rings. The highest BCUT2D eigenvalue weighted by Gasteiger charge is 2.33.